The first-order valence-electron chi connectivity index (χ1n) is 9.13. The first kappa shape index (κ1) is 19.0. The molecule has 2 aliphatic rings. The van der Waals surface area contributed by atoms with Gasteiger partial charge < -0.3 is 16.0 Å². The molecule has 0 atom stereocenters. The van der Waals surface area contributed by atoms with Crippen LogP contribution in [0.2, 0.25) is 0 Å². The molecule has 3 rings (SSSR count). The van der Waals surface area contributed by atoms with E-state index in [1.165, 1.54) is 6.07 Å². The van der Waals surface area contributed by atoms with E-state index in [1.54, 1.807) is 11.8 Å². The third kappa shape index (κ3) is 3.55. The summed E-state index contributed by atoms with van der Waals surface area (Å²) in [6, 6.07) is 1.29. The number of piperidine rings is 1. The zero-order valence-electron chi connectivity index (χ0n) is 15.9. The predicted octanol–water partition coefficient (Wildman–Crippen LogP) is 2.70. The van der Waals surface area contributed by atoms with Crippen LogP contribution in [0.3, 0.4) is 0 Å². The van der Waals surface area contributed by atoms with Crippen molar-refractivity contribution >= 4 is 23.1 Å². The molecule has 3 N–H and O–H groups in total. The van der Waals surface area contributed by atoms with Crippen molar-refractivity contribution in [2.24, 2.45) is 5.73 Å². The summed E-state index contributed by atoms with van der Waals surface area (Å²) in [5.74, 6) is 3.94. The quantitative estimate of drug-likeness (QED) is 0.805. The summed E-state index contributed by atoms with van der Waals surface area (Å²) in [5.41, 5.74) is 9.80. The molecule has 1 fully saturated rings. The topological polar surface area (TPSA) is 75.4 Å². The molecule has 142 valence electrons. The Bertz CT molecular complexity index is 900. The second-order valence-electron chi connectivity index (χ2n) is 7.17. The first-order chi connectivity index (χ1) is 12.8. The number of carbonyl (C=O) groups is 2. The third-order valence-corrected chi connectivity index (χ3v) is 5.47. The van der Waals surface area contributed by atoms with Crippen molar-refractivity contribution in [1.29, 1.82) is 0 Å². The largest absolute Gasteiger partial charge is 0.379 e. The lowest BCUT2D eigenvalue weighted by atomic mass is 9.96. The van der Waals surface area contributed by atoms with E-state index >= 15 is 0 Å². The van der Waals surface area contributed by atoms with Gasteiger partial charge in [-0.25, -0.2) is 4.39 Å². The molecular weight excluding hydrogens is 345 g/mol. The SMILES string of the molecule is CC#CC(=O)N1CCC(Nc2c(F)cc(C(N)=O)c3c2C(C)=C(C)C3)CC1. The minimum atomic E-state index is -0.608. The van der Waals surface area contributed by atoms with Crippen molar-refractivity contribution in [1.82, 2.24) is 4.90 Å². The number of rotatable bonds is 3. The van der Waals surface area contributed by atoms with Crippen molar-refractivity contribution in [2.75, 3.05) is 18.4 Å². The van der Waals surface area contributed by atoms with Crippen LogP contribution in [-0.4, -0.2) is 35.8 Å². The summed E-state index contributed by atoms with van der Waals surface area (Å²) >= 11 is 0. The van der Waals surface area contributed by atoms with Crippen LogP contribution in [0.15, 0.2) is 11.6 Å². The Kier molecular flexibility index (Phi) is 5.22. The number of anilines is 1. The number of likely N-dealkylation sites (tertiary alicyclic amines) is 1. The Labute approximate surface area is 158 Å². The second-order valence-corrected chi connectivity index (χ2v) is 7.17. The number of primary amides is 1. The Morgan fingerprint density at radius 2 is 1.96 bits per heavy atom. The number of benzene rings is 1. The second kappa shape index (κ2) is 7.43. The molecule has 0 spiro atoms. The highest BCUT2D eigenvalue weighted by Gasteiger charge is 2.29. The van der Waals surface area contributed by atoms with Crippen molar-refractivity contribution in [3.8, 4) is 11.8 Å². The van der Waals surface area contributed by atoms with Crippen molar-refractivity contribution in [2.45, 2.75) is 46.1 Å². The average molecular weight is 369 g/mol. The molecular formula is C21H24FN3O2. The summed E-state index contributed by atoms with van der Waals surface area (Å²) < 4.78 is 14.9. The van der Waals surface area contributed by atoms with Crippen LogP contribution >= 0.6 is 0 Å². The van der Waals surface area contributed by atoms with E-state index in [0.717, 1.165) is 22.3 Å². The summed E-state index contributed by atoms with van der Waals surface area (Å²) in [7, 11) is 0. The summed E-state index contributed by atoms with van der Waals surface area (Å²) in [5, 5.41) is 3.32. The maximum absolute atomic E-state index is 14.9. The van der Waals surface area contributed by atoms with Gasteiger partial charge in [0.1, 0.15) is 5.82 Å². The van der Waals surface area contributed by atoms with Crippen molar-refractivity contribution in [3.63, 3.8) is 0 Å². The standard InChI is InChI=1S/C21H24FN3O2/c1-4-5-18(26)25-8-6-14(7-9-25)24-20-17(22)11-16(21(23)27)15-10-12(2)13(3)19(15)20/h11,14,24H,6-10H2,1-3H3,(H2,23,27). The van der Waals surface area contributed by atoms with Gasteiger partial charge in [0.25, 0.3) is 5.91 Å². The zero-order chi connectivity index (χ0) is 19.7. The van der Waals surface area contributed by atoms with Gasteiger partial charge in [0.05, 0.1) is 5.69 Å². The lowest BCUT2D eigenvalue weighted by molar-refractivity contribution is -0.126. The fourth-order valence-electron chi connectivity index (χ4n) is 3.88. The number of nitrogens with zero attached hydrogens (tertiary/aromatic N) is 1. The number of fused-ring (bicyclic) bond motifs is 1. The molecule has 0 saturated carbocycles. The molecule has 1 saturated heterocycles. The summed E-state index contributed by atoms with van der Waals surface area (Å²) in [6.07, 6.45) is 2.03. The molecule has 27 heavy (non-hydrogen) atoms. The van der Waals surface area contributed by atoms with Crippen LogP contribution in [0.1, 0.15) is 55.1 Å². The van der Waals surface area contributed by atoms with Gasteiger partial charge >= 0.3 is 0 Å². The van der Waals surface area contributed by atoms with Crippen LogP contribution in [0.5, 0.6) is 0 Å². The highest BCUT2D eigenvalue weighted by atomic mass is 19.1. The van der Waals surface area contributed by atoms with E-state index in [9.17, 15) is 14.0 Å². The Morgan fingerprint density at radius 3 is 2.56 bits per heavy atom. The maximum atomic E-state index is 14.9. The molecule has 1 aromatic rings. The summed E-state index contributed by atoms with van der Waals surface area (Å²) in [4.78, 5) is 25.3. The number of amides is 2. The molecule has 1 aliphatic carbocycles. The van der Waals surface area contributed by atoms with Crippen LogP contribution in [0.4, 0.5) is 10.1 Å². The number of hydrogen-bond acceptors (Lipinski definition) is 3. The molecule has 1 aromatic carbocycles. The van der Waals surface area contributed by atoms with Gasteiger partial charge in [-0.2, -0.15) is 0 Å². The minimum Gasteiger partial charge on any atom is -0.379 e. The van der Waals surface area contributed by atoms with Crippen LogP contribution < -0.4 is 11.1 Å². The number of carbonyl (C=O) groups excluding carboxylic acids is 2. The molecule has 2 amide bonds. The molecule has 0 bridgehead atoms. The van der Waals surface area contributed by atoms with E-state index in [4.69, 9.17) is 5.73 Å². The number of nitrogens with two attached hydrogens (primary N) is 1. The third-order valence-electron chi connectivity index (χ3n) is 5.47. The van der Waals surface area contributed by atoms with Crippen LogP contribution in [-0.2, 0) is 11.2 Å². The number of halogens is 1. The molecule has 5 nitrogen and oxygen atoms in total. The fourth-order valence-corrected chi connectivity index (χ4v) is 3.88. The van der Waals surface area contributed by atoms with Crippen molar-refractivity contribution < 1.29 is 14.0 Å². The van der Waals surface area contributed by atoms with Gasteiger partial charge in [-0.05, 0) is 63.2 Å². The zero-order valence-corrected chi connectivity index (χ0v) is 15.9. The van der Waals surface area contributed by atoms with Gasteiger partial charge in [-0.15, -0.1) is 0 Å². The van der Waals surface area contributed by atoms with E-state index < -0.39 is 11.7 Å². The highest BCUT2D eigenvalue weighted by Crippen LogP contribution is 2.41. The highest BCUT2D eigenvalue weighted by molar-refractivity contribution is 5.99. The number of allylic oxidation sites excluding steroid dienone is 2. The average Bonchev–Trinajstić information content (AvgIpc) is 2.93. The van der Waals surface area contributed by atoms with E-state index in [2.05, 4.69) is 17.2 Å². The Balaban J connectivity index is 1.85. The van der Waals surface area contributed by atoms with Crippen LogP contribution in [0.25, 0.3) is 5.57 Å². The lowest BCUT2D eigenvalue weighted by Crippen LogP contribution is -2.42. The summed E-state index contributed by atoms with van der Waals surface area (Å²) in [6.45, 7) is 6.75. The van der Waals surface area contributed by atoms with Gasteiger partial charge in [-0.1, -0.05) is 11.5 Å². The van der Waals surface area contributed by atoms with Gasteiger partial charge in [0.15, 0.2) is 0 Å². The number of hydrogen-bond donors (Lipinski definition) is 2. The Morgan fingerprint density at radius 1 is 1.30 bits per heavy atom. The molecule has 6 heteroatoms. The molecule has 0 radical (unpaired) electrons. The number of nitrogens with one attached hydrogen (secondary N) is 1. The monoisotopic (exact) mass is 369 g/mol. The fraction of sp³-hybridized carbons (Fsp3) is 0.429. The van der Waals surface area contributed by atoms with E-state index in [0.29, 0.717) is 38.0 Å². The van der Waals surface area contributed by atoms with Gasteiger partial charge in [0, 0.05) is 30.3 Å². The molecule has 0 unspecified atom stereocenters. The smallest absolute Gasteiger partial charge is 0.298 e. The first-order valence-corrected chi connectivity index (χ1v) is 9.13. The van der Waals surface area contributed by atoms with Gasteiger partial charge in [-0.3, -0.25) is 9.59 Å². The van der Waals surface area contributed by atoms with E-state index in [1.807, 2.05) is 13.8 Å². The molecule has 1 heterocycles. The molecule has 0 aromatic heterocycles. The van der Waals surface area contributed by atoms with E-state index in [-0.39, 0.29) is 17.5 Å². The molecule has 1 aliphatic heterocycles. The Hall–Kier alpha value is -2.81. The van der Waals surface area contributed by atoms with Gasteiger partial charge in [0.2, 0.25) is 5.91 Å². The minimum absolute atomic E-state index is 0.0513. The van der Waals surface area contributed by atoms with Crippen molar-refractivity contribution in [3.05, 3.63) is 34.1 Å². The lowest BCUT2D eigenvalue weighted by Gasteiger charge is -2.32. The van der Waals surface area contributed by atoms with Crippen LogP contribution in [0, 0.1) is 17.7 Å². The normalized spacial score (nSPS) is 16.7. The predicted molar refractivity (Wildman–Crippen MR) is 104 cm³/mol. The maximum Gasteiger partial charge on any atom is 0.298 e.